The molecule has 0 radical (unpaired) electrons. The Kier molecular flexibility index (Phi) is 7.95. The first kappa shape index (κ1) is 15.6. The van der Waals surface area contributed by atoms with Crippen LogP contribution in [0.4, 0.5) is 5.69 Å². The predicted molar refractivity (Wildman–Crippen MR) is 84.1 cm³/mol. The van der Waals surface area contributed by atoms with Gasteiger partial charge < -0.3 is 10.3 Å². The van der Waals surface area contributed by atoms with Gasteiger partial charge in [-0.05, 0) is 30.7 Å². The predicted octanol–water partition coefficient (Wildman–Crippen LogP) is 5.45. The Hall–Kier alpha value is -1.44. The van der Waals surface area contributed by atoms with Crippen molar-refractivity contribution in [2.24, 2.45) is 0 Å². The molecule has 1 aromatic heterocycles. The second-order valence-corrected chi connectivity index (χ2v) is 3.69. The average molecular weight is 238 g/mol. The molecule has 0 saturated carbocycles. The van der Waals surface area contributed by atoms with Gasteiger partial charge >= 0.3 is 0 Å². The van der Waals surface area contributed by atoms with Gasteiger partial charge in [0.1, 0.15) is 0 Å². The van der Waals surface area contributed by atoms with Crippen LogP contribution in [0.25, 0.3) is 10.9 Å². The Balaban J connectivity index is -0.000000327. The van der Waals surface area contributed by atoms with Crippen molar-refractivity contribution < 1.29 is 2.85 Å². The van der Waals surface area contributed by atoms with Gasteiger partial charge in [-0.1, -0.05) is 34.1 Å². The molecule has 0 unspecified atom stereocenters. The summed E-state index contributed by atoms with van der Waals surface area (Å²) in [6, 6.07) is 6.31. The fourth-order valence-electron chi connectivity index (χ4n) is 1.42. The molecule has 1 aromatic carbocycles. The molecule has 0 aliphatic carbocycles. The van der Waals surface area contributed by atoms with E-state index in [-0.39, 0.29) is 2.85 Å². The van der Waals surface area contributed by atoms with Crippen molar-refractivity contribution in [2.45, 2.75) is 41.0 Å². The molecule has 0 aliphatic heterocycles. The molecule has 0 saturated heterocycles. The molecule has 0 spiro atoms. The van der Waals surface area contributed by atoms with Gasteiger partial charge in [0.2, 0.25) is 0 Å². The van der Waals surface area contributed by atoms with E-state index in [1.165, 1.54) is 22.9 Å². The van der Waals surface area contributed by atoms with Crippen LogP contribution in [0.1, 0.15) is 42.5 Å². The number of nitrogens with one attached hydrogen (secondary N) is 2. The summed E-state index contributed by atoms with van der Waals surface area (Å²) in [6.07, 6.45) is 3.28. The summed E-state index contributed by atoms with van der Waals surface area (Å²) in [5.74, 6) is 0. The van der Waals surface area contributed by atoms with Crippen molar-refractivity contribution in [2.75, 3.05) is 12.4 Å². The zero-order valence-electron chi connectivity index (χ0n) is 12.0. The highest BCUT2D eigenvalue weighted by molar-refractivity contribution is 5.86. The summed E-state index contributed by atoms with van der Waals surface area (Å²) in [5.41, 5.74) is 3.65. The topological polar surface area (TPSA) is 27.8 Å². The van der Waals surface area contributed by atoms with Crippen LogP contribution in [0, 0.1) is 6.92 Å². The smallest absolute Gasteiger partial charge is 0.0458 e. The lowest BCUT2D eigenvalue weighted by atomic mass is 10.2. The molecule has 2 nitrogen and oxygen atoms in total. The summed E-state index contributed by atoms with van der Waals surface area (Å²) >= 11 is 0. The third kappa shape index (κ3) is 4.51. The van der Waals surface area contributed by atoms with E-state index in [1.54, 1.807) is 0 Å². The lowest BCUT2D eigenvalue weighted by molar-refractivity contribution is 1.09. The zero-order valence-corrected chi connectivity index (χ0v) is 12.0. The highest BCUT2D eigenvalue weighted by Crippen LogP contribution is 2.20. The number of aromatic amines is 1. The first-order valence-electron chi connectivity index (χ1n) is 6.48. The Bertz CT molecular complexity index is 425. The van der Waals surface area contributed by atoms with Gasteiger partial charge in [0.05, 0.1) is 0 Å². The van der Waals surface area contributed by atoms with Crippen molar-refractivity contribution >= 4 is 16.6 Å². The van der Waals surface area contributed by atoms with Crippen molar-refractivity contribution in [1.82, 2.24) is 4.98 Å². The lowest BCUT2D eigenvalue weighted by Gasteiger charge is -1.99. The molecule has 2 rings (SSSR count). The third-order valence-electron chi connectivity index (χ3n) is 2.18. The van der Waals surface area contributed by atoms with Gasteiger partial charge in [0, 0.05) is 32.7 Å². The maximum Gasteiger partial charge on any atom is 0.0458 e. The number of benzene rings is 1. The molecule has 2 N–H and O–H groups in total. The second kappa shape index (κ2) is 8.68. The Morgan fingerprint density at radius 2 is 1.82 bits per heavy atom. The van der Waals surface area contributed by atoms with E-state index in [0.29, 0.717) is 0 Å². The van der Waals surface area contributed by atoms with Gasteiger partial charge in [0.15, 0.2) is 0 Å². The fraction of sp³-hybridized carbons (Fsp3) is 0.467. The summed E-state index contributed by atoms with van der Waals surface area (Å²) < 4.78 is 0. The molecule has 0 bridgehead atoms. The maximum absolute atomic E-state index is 3.21. The van der Waals surface area contributed by atoms with Crippen LogP contribution >= 0.6 is 0 Å². The van der Waals surface area contributed by atoms with Crippen molar-refractivity contribution in [1.29, 1.82) is 0 Å². The SMILES string of the molecule is CC.CCC.CNc1ccc2[nH]cc(C)c2c1.[HH].[HH]. The number of aryl methyl sites for hydroxylation is 1. The summed E-state index contributed by atoms with van der Waals surface area (Å²) in [7, 11) is 1.93. The summed E-state index contributed by atoms with van der Waals surface area (Å²) in [4.78, 5) is 3.21. The van der Waals surface area contributed by atoms with Crippen molar-refractivity contribution in [3.8, 4) is 0 Å². The molecule has 0 atom stereocenters. The van der Waals surface area contributed by atoms with Crippen LogP contribution in [0.15, 0.2) is 24.4 Å². The number of hydrogen-bond donors (Lipinski definition) is 2. The highest BCUT2D eigenvalue weighted by Gasteiger charge is 1.98. The number of rotatable bonds is 1. The van der Waals surface area contributed by atoms with E-state index in [4.69, 9.17) is 0 Å². The van der Waals surface area contributed by atoms with Gasteiger partial charge in [-0.15, -0.1) is 0 Å². The largest absolute Gasteiger partial charge is 0.388 e. The first-order valence-corrected chi connectivity index (χ1v) is 6.48. The van der Waals surface area contributed by atoms with E-state index in [9.17, 15) is 0 Å². The van der Waals surface area contributed by atoms with Gasteiger partial charge in [-0.2, -0.15) is 0 Å². The number of H-pyrrole nitrogens is 1. The number of hydrogen-bond acceptors (Lipinski definition) is 1. The minimum absolute atomic E-state index is 0. The van der Waals surface area contributed by atoms with Crippen LogP contribution in [-0.2, 0) is 0 Å². The van der Waals surface area contributed by atoms with Crippen LogP contribution in [0.5, 0.6) is 0 Å². The van der Waals surface area contributed by atoms with Crippen LogP contribution in [-0.4, -0.2) is 12.0 Å². The highest BCUT2D eigenvalue weighted by atomic mass is 14.8. The van der Waals surface area contributed by atoms with Gasteiger partial charge in [-0.25, -0.2) is 0 Å². The van der Waals surface area contributed by atoms with Gasteiger partial charge in [0.25, 0.3) is 0 Å². The Morgan fingerprint density at radius 3 is 2.35 bits per heavy atom. The Morgan fingerprint density at radius 1 is 1.24 bits per heavy atom. The second-order valence-electron chi connectivity index (χ2n) is 3.69. The van der Waals surface area contributed by atoms with E-state index in [0.717, 1.165) is 5.69 Å². The van der Waals surface area contributed by atoms with E-state index >= 15 is 0 Å². The molecular formula is C15H30N2. The number of anilines is 1. The number of aromatic nitrogens is 1. The quantitative estimate of drug-likeness (QED) is 0.679. The van der Waals surface area contributed by atoms with Crippen molar-refractivity contribution in [3.63, 3.8) is 0 Å². The summed E-state index contributed by atoms with van der Waals surface area (Å²) in [6.45, 7) is 10.4. The minimum Gasteiger partial charge on any atom is -0.388 e. The minimum atomic E-state index is 0. The fourth-order valence-corrected chi connectivity index (χ4v) is 1.42. The summed E-state index contributed by atoms with van der Waals surface area (Å²) in [5, 5.41) is 4.42. The van der Waals surface area contributed by atoms with Crippen LogP contribution < -0.4 is 5.32 Å². The third-order valence-corrected chi connectivity index (χ3v) is 2.18. The molecule has 1 heterocycles. The molecule has 0 aliphatic rings. The average Bonchev–Trinajstić information content (AvgIpc) is 2.74. The van der Waals surface area contributed by atoms with Gasteiger partial charge in [-0.3, -0.25) is 0 Å². The van der Waals surface area contributed by atoms with Crippen LogP contribution in [0.2, 0.25) is 0 Å². The number of fused-ring (bicyclic) bond motifs is 1. The van der Waals surface area contributed by atoms with Crippen LogP contribution in [0.3, 0.4) is 0 Å². The molecule has 0 fully saturated rings. The van der Waals surface area contributed by atoms with E-state index in [1.807, 2.05) is 27.1 Å². The molecule has 17 heavy (non-hydrogen) atoms. The monoisotopic (exact) mass is 238 g/mol. The van der Waals surface area contributed by atoms with Crippen molar-refractivity contribution in [3.05, 3.63) is 30.0 Å². The van der Waals surface area contributed by atoms with E-state index in [2.05, 4.69) is 49.3 Å². The zero-order chi connectivity index (χ0) is 13.3. The molecular weight excluding hydrogens is 208 g/mol. The molecule has 2 aromatic rings. The standard InChI is InChI=1S/C10H12N2.C3H8.C2H6.2H2/c1-7-6-12-10-4-3-8(11-2)5-9(7)10;1-3-2;1-2;;/h3-6,11-12H,1-2H3;3H2,1-2H3;1-2H3;2*1H. The lowest BCUT2D eigenvalue weighted by Crippen LogP contribution is -1.86. The molecule has 2 heteroatoms. The normalized spacial score (nSPS) is 8.82. The molecule has 100 valence electrons. The first-order chi connectivity index (χ1) is 8.22. The van der Waals surface area contributed by atoms with E-state index < -0.39 is 0 Å². The maximum atomic E-state index is 3.21. The Labute approximate surface area is 108 Å². The molecule has 0 amide bonds.